The number of amides is 1. The van der Waals surface area contributed by atoms with Crippen molar-refractivity contribution in [2.75, 3.05) is 0 Å². The maximum Gasteiger partial charge on any atom is 0.245 e. The number of halogens is 2. The van der Waals surface area contributed by atoms with E-state index in [1.54, 1.807) is 6.07 Å². The van der Waals surface area contributed by atoms with E-state index in [0.717, 1.165) is 32.1 Å². The van der Waals surface area contributed by atoms with Gasteiger partial charge in [-0.05, 0) is 31.0 Å². The standard InChI is InChI=1S/C16H16Cl2N2O2/c17-13-7-6-10(8-14(13)18)15(21)12(9-19)16(22)20-11-4-2-1-3-5-11/h6-8,11-12H,1-5H2,(H,20,22)/t12-/m1/s1. The maximum atomic E-state index is 12.3. The predicted octanol–water partition coefficient (Wildman–Crippen LogP) is 3.76. The molecule has 0 aliphatic heterocycles. The predicted molar refractivity (Wildman–Crippen MR) is 84.9 cm³/mol. The molecule has 1 fully saturated rings. The summed E-state index contributed by atoms with van der Waals surface area (Å²) in [5.41, 5.74) is 0.208. The van der Waals surface area contributed by atoms with Crippen molar-refractivity contribution in [3.63, 3.8) is 0 Å². The topological polar surface area (TPSA) is 70.0 Å². The Morgan fingerprint density at radius 2 is 1.86 bits per heavy atom. The minimum absolute atomic E-state index is 0.0544. The highest BCUT2D eigenvalue weighted by Gasteiger charge is 2.29. The average molecular weight is 339 g/mol. The van der Waals surface area contributed by atoms with Gasteiger partial charge in [-0.1, -0.05) is 42.5 Å². The summed E-state index contributed by atoms with van der Waals surface area (Å²) in [6, 6.07) is 6.16. The van der Waals surface area contributed by atoms with Crippen LogP contribution in [0.4, 0.5) is 0 Å². The fraction of sp³-hybridized carbons (Fsp3) is 0.438. The number of ketones is 1. The number of hydrogen-bond donors (Lipinski definition) is 1. The van der Waals surface area contributed by atoms with Crippen LogP contribution in [-0.2, 0) is 4.79 Å². The van der Waals surface area contributed by atoms with E-state index in [2.05, 4.69) is 5.32 Å². The molecule has 1 aliphatic carbocycles. The lowest BCUT2D eigenvalue weighted by Gasteiger charge is -2.23. The van der Waals surface area contributed by atoms with Crippen molar-refractivity contribution >= 4 is 34.9 Å². The minimum Gasteiger partial charge on any atom is -0.352 e. The highest BCUT2D eigenvalue weighted by molar-refractivity contribution is 6.42. The van der Waals surface area contributed by atoms with E-state index in [1.165, 1.54) is 18.2 Å². The van der Waals surface area contributed by atoms with Crippen molar-refractivity contribution < 1.29 is 9.59 Å². The number of nitrogens with one attached hydrogen (secondary N) is 1. The molecule has 2 rings (SSSR count). The van der Waals surface area contributed by atoms with Gasteiger partial charge in [-0.15, -0.1) is 0 Å². The van der Waals surface area contributed by atoms with Crippen LogP contribution < -0.4 is 5.32 Å². The number of rotatable bonds is 4. The number of Topliss-reactive ketones (excluding diaryl/α,β-unsaturated/α-hetero) is 1. The normalized spacial score (nSPS) is 16.6. The molecule has 1 saturated carbocycles. The van der Waals surface area contributed by atoms with Crippen molar-refractivity contribution in [2.24, 2.45) is 5.92 Å². The molecule has 4 nitrogen and oxygen atoms in total. The van der Waals surface area contributed by atoms with Crippen molar-refractivity contribution in [1.82, 2.24) is 5.32 Å². The molecule has 0 radical (unpaired) electrons. The van der Waals surface area contributed by atoms with E-state index in [0.29, 0.717) is 5.02 Å². The molecular formula is C16H16Cl2N2O2. The van der Waals surface area contributed by atoms with Crippen LogP contribution in [-0.4, -0.2) is 17.7 Å². The Labute approximate surface area is 139 Å². The first-order valence-electron chi connectivity index (χ1n) is 7.22. The van der Waals surface area contributed by atoms with E-state index >= 15 is 0 Å². The van der Waals surface area contributed by atoms with Crippen LogP contribution in [0.15, 0.2) is 18.2 Å². The third-order valence-electron chi connectivity index (χ3n) is 3.81. The van der Waals surface area contributed by atoms with Crippen LogP contribution in [0.25, 0.3) is 0 Å². The second kappa shape index (κ2) is 7.62. The summed E-state index contributed by atoms with van der Waals surface area (Å²) in [5.74, 6) is -2.46. The molecule has 0 bridgehead atoms. The molecule has 0 heterocycles. The molecule has 0 unspecified atom stereocenters. The number of benzene rings is 1. The molecule has 1 aromatic rings. The second-order valence-corrected chi connectivity index (χ2v) is 6.21. The highest BCUT2D eigenvalue weighted by Crippen LogP contribution is 2.24. The first-order chi connectivity index (χ1) is 10.5. The zero-order valence-electron chi connectivity index (χ0n) is 11.9. The maximum absolute atomic E-state index is 12.3. The molecular weight excluding hydrogens is 323 g/mol. The Kier molecular flexibility index (Phi) is 5.82. The van der Waals surface area contributed by atoms with E-state index in [4.69, 9.17) is 23.2 Å². The van der Waals surface area contributed by atoms with Crippen molar-refractivity contribution in [3.8, 4) is 6.07 Å². The van der Waals surface area contributed by atoms with Gasteiger partial charge in [0.05, 0.1) is 16.1 Å². The molecule has 1 amide bonds. The number of nitriles is 1. The number of carbonyl (C=O) groups is 2. The molecule has 6 heteroatoms. The Bertz CT molecular complexity index is 619. The number of hydrogen-bond acceptors (Lipinski definition) is 3. The molecule has 1 atom stereocenters. The summed E-state index contributed by atoms with van der Waals surface area (Å²) >= 11 is 11.7. The number of carbonyl (C=O) groups excluding carboxylic acids is 2. The van der Waals surface area contributed by atoms with Crippen LogP contribution in [0.5, 0.6) is 0 Å². The van der Waals surface area contributed by atoms with Gasteiger partial charge in [0.15, 0.2) is 11.7 Å². The van der Waals surface area contributed by atoms with Gasteiger partial charge < -0.3 is 5.32 Å². The van der Waals surface area contributed by atoms with E-state index in [-0.39, 0.29) is 16.6 Å². The third-order valence-corrected chi connectivity index (χ3v) is 4.55. The Balaban J connectivity index is 2.09. The van der Waals surface area contributed by atoms with Gasteiger partial charge in [-0.25, -0.2) is 0 Å². The fourth-order valence-electron chi connectivity index (χ4n) is 2.58. The van der Waals surface area contributed by atoms with Crippen molar-refractivity contribution in [3.05, 3.63) is 33.8 Å². The number of nitrogens with zero attached hydrogens (tertiary/aromatic N) is 1. The quantitative estimate of drug-likeness (QED) is 0.671. The summed E-state index contributed by atoms with van der Waals surface area (Å²) in [6.45, 7) is 0. The highest BCUT2D eigenvalue weighted by atomic mass is 35.5. The first kappa shape index (κ1) is 16.8. The van der Waals surface area contributed by atoms with Gasteiger partial charge in [0.1, 0.15) is 0 Å². The summed E-state index contributed by atoms with van der Waals surface area (Å²) in [4.78, 5) is 24.5. The van der Waals surface area contributed by atoms with Crippen LogP contribution in [0.3, 0.4) is 0 Å². The van der Waals surface area contributed by atoms with Gasteiger partial charge in [0.25, 0.3) is 0 Å². The van der Waals surface area contributed by atoms with E-state index < -0.39 is 17.6 Å². The van der Waals surface area contributed by atoms with Gasteiger partial charge >= 0.3 is 0 Å². The first-order valence-corrected chi connectivity index (χ1v) is 7.97. The minimum atomic E-state index is -1.36. The summed E-state index contributed by atoms with van der Waals surface area (Å²) < 4.78 is 0. The molecule has 116 valence electrons. The van der Waals surface area contributed by atoms with Crippen LogP contribution in [0, 0.1) is 17.2 Å². The van der Waals surface area contributed by atoms with E-state index in [1.807, 2.05) is 0 Å². The zero-order chi connectivity index (χ0) is 16.1. The largest absolute Gasteiger partial charge is 0.352 e. The molecule has 0 spiro atoms. The lowest BCUT2D eigenvalue weighted by atomic mass is 9.93. The van der Waals surface area contributed by atoms with E-state index in [9.17, 15) is 14.9 Å². The smallest absolute Gasteiger partial charge is 0.245 e. The fourth-order valence-corrected chi connectivity index (χ4v) is 2.88. The van der Waals surface area contributed by atoms with Gasteiger partial charge in [-0.2, -0.15) is 5.26 Å². The van der Waals surface area contributed by atoms with Crippen molar-refractivity contribution in [1.29, 1.82) is 5.26 Å². The van der Waals surface area contributed by atoms with Gasteiger partial charge in [0.2, 0.25) is 5.91 Å². The lowest BCUT2D eigenvalue weighted by molar-refractivity contribution is -0.123. The van der Waals surface area contributed by atoms with Gasteiger partial charge in [0, 0.05) is 11.6 Å². The Hall–Kier alpha value is -1.57. The summed E-state index contributed by atoms with van der Waals surface area (Å²) in [6.07, 6.45) is 5.07. The summed E-state index contributed by atoms with van der Waals surface area (Å²) in [7, 11) is 0. The molecule has 0 saturated heterocycles. The molecule has 1 aromatic carbocycles. The SMILES string of the molecule is N#C[C@@H](C(=O)NC1CCCCC1)C(=O)c1ccc(Cl)c(Cl)c1. The molecule has 1 N–H and O–H groups in total. The molecule has 22 heavy (non-hydrogen) atoms. The third kappa shape index (κ3) is 4.00. The molecule has 1 aliphatic rings. The van der Waals surface area contributed by atoms with Gasteiger partial charge in [-0.3, -0.25) is 9.59 Å². The summed E-state index contributed by atoms with van der Waals surface area (Å²) in [5, 5.41) is 12.5. The van der Waals surface area contributed by atoms with Crippen LogP contribution in [0.1, 0.15) is 42.5 Å². The average Bonchev–Trinajstić information content (AvgIpc) is 2.51. The Morgan fingerprint density at radius 1 is 1.18 bits per heavy atom. The lowest BCUT2D eigenvalue weighted by Crippen LogP contribution is -2.42. The van der Waals surface area contributed by atoms with Crippen LogP contribution >= 0.6 is 23.2 Å². The van der Waals surface area contributed by atoms with Crippen LogP contribution in [0.2, 0.25) is 10.0 Å². The zero-order valence-corrected chi connectivity index (χ0v) is 13.5. The Morgan fingerprint density at radius 3 is 2.45 bits per heavy atom. The monoisotopic (exact) mass is 338 g/mol. The second-order valence-electron chi connectivity index (χ2n) is 5.40. The van der Waals surface area contributed by atoms with Crippen molar-refractivity contribution in [2.45, 2.75) is 38.1 Å². The molecule has 0 aromatic heterocycles.